The maximum atomic E-state index is 11.3. The fraction of sp³-hybridized carbons (Fsp3) is 0.300. The molecule has 7 nitrogen and oxygen atoms in total. The number of nitrogens with one attached hydrogen (secondary N) is 1. The van der Waals surface area contributed by atoms with Gasteiger partial charge in [0.15, 0.2) is 5.82 Å². The molecule has 0 saturated carbocycles. The highest BCUT2D eigenvalue weighted by molar-refractivity contribution is 5.89. The van der Waals surface area contributed by atoms with E-state index in [-0.39, 0.29) is 11.5 Å². The smallest absolute Gasteiger partial charge is 0.335 e. The summed E-state index contributed by atoms with van der Waals surface area (Å²) in [5.41, 5.74) is 4.29. The van der Waals surface area contributed by atoms with Gasteiger partial charge in [-0.3, -0.25) is 0 Å². The second kappa shape index (κ2) is 6.19. The van der Waals surface area contributed by atoms with Crippen LogP contribution in [0.3, 0.4) is 0 Å². The molecule has 0 aliphatic carbocycles. The van der Waals surface area contributed by atoms with Crippen molar-refractivity contribution in [2.45, 2.75) is 31.7 Å². The standard InChI is InChI=1S/C20H21N5O2/c1-20(2)11-17(21-16-8-7-14(19(26)27)10-15(16)20)12-5-4-6-13(9-12)18-22-23-24-25(18)3/h4-10,17,21H,11H2,1-3H3,(H,26,27). The fourth-order valence-electron chi connectivity index (χ4n) is 3.79. The third kappa shape index (κ3) is 3.05. The lowest BCUT2D eigenvalue weighted by Crippen LogP contribution is -2.31. The number of tetrazole rings is 1. The second-order valence-corrected chi connectivity index (χ2v) is 7.60. The van der Waals surface area contributed by atoms with Crippen LogP contribution in [0.2, 0.25) is 0 Å². The summed E-state index contributed by atoms with van der Waals surface area (Å²) in [6.07, 6.45) is 0.851. The van der Waals surface area contributed by atoms with Crippen LogP contribution < -0.4 is 5.32 Å². The molecule has 3 aromatic rings. The quantitative estimate of drug-likeness (QED) is 0.741. The average Bonchev–Trinajstić information content (AvgIpc) is 3.07. The summed E-state index contributed by atoms with van der Waals surface area (Å²) in [6.45, 7) is 4.31. The summed E-state index contributed by atoms with van der Waals surface area (Å²) in [6, 6.07) is 13.6. The van der Waals surface area contributed by atoms with Gasteiger partial charge >= 0.3 is 5.97 Å². The van der Waals surface area contributed by atoms with Gasteiger partial charge in [0.25, 0.3) is 0 Å². The van der Waals surface area contributed by atoms with Crippen molar-refractivity contribution in [1.82, 2.24) is 20.2 Å². The molecule has 2 heterocycles. The minimum Gasteiger partial charge on any atom is -0.478 e. The van der Waals surface area contributed by atoms with Gasteiger partial charge in [0.2, 0.25) is 0 Å². The summed E-state index contributed by atoms with van der Waals surface area (Å²) in [5.74, 6) is -0.181. The lowest BCUT2D eigenvalue weighted by Gasteiger charge is -2.39. The van der Waals surface area contributed by atoms with E-state index in [1.165, 1.54) is 0 Å². The zero-order chi connectivity index (χ0) is 19.2. The lowest BCUT2D eigenvalue weighted by molar-refractivity contribution is 0.0696. The molecule has 0 spiro atoms. The molecule has 138 valence electrons. The molecule has 7 heteroatoms. The highest BCUT2D eigenvalue weighted by Gasteiger charge is 2.34. The molecule has 4 rings (SSSR count). The number of aromatic nitrogens is 4. The molecule has 0 radical (unpaired) electrons. The van der Waals surface area contributed by atoms with Crippen LogP contribution in [0, 0.1) is 0 Å². The lowest BCUT2D eigenvalue weighted by atomic mass is 9.73. The number of fused-ring (bicyclic) bond motifs is 1. The number of nitrogens with zero attached hydrogens (tertiary/aromatic N) is 4. The van der Waals surface area contributed by atoms with Crippen molar-refractivity contribution in [2.75, 3.05) is 5.32 Å². The first-order valence-corrected chi connectivity index (χ1v) is 8.82. The predicted octanol–water partition coefficient (Wildman–Crippen LogP) is 3.41. The first kappa shape index (κ1) is 17.2. The number of carbonyl (C=O) groups is 1. The van der Waals surface area contributed by atoms with E-state index in [4.69, 9.17) is 0 Å². The fourth-order valence-corrected chi connectivity index (χ4v) is 3.79. The SMILES string of the molecule is Cn1nnnc1-c1cccc(C2CC(C)(C)c3cc(C(=O)O)ccc3N2)c1. The predicted molar refractivity (Wildman–Crippen MR) is 102 cm³/mol. The van der Waals surface area contributed by atoms with E-state index in [9.17, 15) is 9.90 Å². The van der Waals surface area contributed by atoms with Gasteiger partial charge in [0.1, 0.15) is 0 Å². The molecule has 27 heavy (non-hydrogen) atoms. The molecule has 0 amide bonds. The van der Waals surface area contributed by atoms with E-state index in [0.717, 1.165) is 34.6 Å². The first-order chi connectivity index (χ1) is 12.8. The number of carboxylic acid groups (broad SMARTS) is 1. The molecule has 0 bridgehead atoms. The van der Waals surface area contributed by atoms with Crippen molar-refractivity contribution in [1.29, 1.82) is 0 Å². The molecule has 0 saturated heterocycles. The van der Waals surface area contributed by atoms with Crippen molar-refractivity contribution in [3.63, 3.8) is 0 Å². The Morgan fingerprint density at radius 2 is 2.07 bits per heavy atom. The first-order valence-electron chi connectivity index (χ1n) is 8.82. The van der Waals surface area contributed by atoms with E-state index >= 15 is 0 Å². The van der Waals surface area contributed by atoms with E-state index < -0.39 is 5.97 Å². The summed E-state index contributed by atoms with van der Waals surface area (Å²) < 4.78 is 1.65. The van der Waals surface area contributed by atoms with Crippen LogP contribution >= 0.6 is 0 Å². The zero-order valence-corrected chi connectivity index (χ0v) is 15.5. The highest BCUT2D eigenvalue weighted by atomic mass is 16.4. The molecule has 1 atom stereocenters. The Hall–Kier alpha value is -3.22. The summed E-state index contributed by atoms with van der Waals surface area (Å²) in [7, 11) is 1.82. The van der Waals surface area contributed by atoms with E-state index in [0.29, 0.717) is 5.56 Å². The third-order valence-electron chi connectivity index (χ3n) is 5.21. The van der Waals surface area contributed by atoms with Crippen LogP contribution in [0.5, 0.6) is 0 Å². The van der Waals surface area contributed by atoms with Crippen molar-refractivity contribution in [3.8, 4) is 11.4 Å². The van der Waals surface area contributed by atoms with Crippen molar-refractivity contribution < 1.29 is 9.90 Å². The molecule has 1 aliphatic rings. The maximum absolute atomic E-state index is 11.3. The minimum atomic E-state index is -0.902. The molecule has 2 aromatic carbocycles. The number of aromatic carboxylic acids is 1. The van der Waals surface area contributed by atoms with Gasteiger partial charge in [0, 0.05) is 18.3 Å². The van der Waals surface area contributed by atoms with Crippen LogP contribution in [0.1, 0.15) is 47.8 Å². The van der Waals surface area contributed by atoms with Gasteiger partial charge in [0.05, 0.1) is 11.6 Å². The van der Waals surface area contributed by atoms with Crippen LogP contribution in [0.25, 0.3) is 11.4 Å². The number of anilines is 1. The van der Waals surface area contributed by atoms with E-state index in [1.807, 2.05) is 25.2 Å². The molecule has 1 aliphatic heterocycles. The normalized spacial score (nSPS) is 17.8. The average molecular weight is 363 g/mol. The Morgan fingerprint density at radius 3 is 2.78 bits per heavy atom. The molecule has 2 N–H and O–H groups in total. The number of rotatable bonds is 3. The van der Waals surface area contributed by atoms with Gasteiger partial charge in [-0.2, -0.15) is 0 Å². The van der Waals surface area contributed by atoms with Crippen LogP contribution in [0.4, 0.5) is 5.69 Å². The summed E-state index contributed by atoms with van der Waals surface area (Å²) in [5, 5.41) is 24.6. The molecule has 1 unspecified atom stereocenters. The van der Waals surface area contributed by atoms with Crippen LogP contribution in [-0.4, -0.2) is 31.3 Å². The largest absolute Gasteiger partial charge is 0.478 e. The van der Waals surface area contributed by atoms with Crippen molar-refractivity contribution in [2.24, 2.45) is 7.05 Å². The Labute approximate surface area is 157 Å². The van der Waals surface area contributed by atoms with Crippen LogP contribution in [0.15, 0.2) is 42.5 Å². The highest BCUT2D eigenvalue weighted by Crippen LogP contribution is 2.44. The van der Waals surface area contributed by atoms with Gasteiger partial charge in [-0.15, -0.1) is 5.10 Å². The third-order valence-corrected chi connectivity index (χ3v) is 5.21. The van der Waals surface area contributed by atoms with Gasteiger partial charge in [-0.1, -0.05) is 32.0 Å². The number of aryl methyl sites for hydroxylation is 1. The van der Waals surface area contributed by atoms with Crippen LogP contribution in [-0.2, 0) is 12.5 Å². The molecular weight excluding hydrogens is 342 g/mol. The molecule has 1 aromatic heterocycles. The molecular formula is C20H21N5O2. The second-order valence-electron chi connectivity index (χ2n) is 7.60. The number of hydrogen-bond acceptors (Lipinski definition) is 5. The van der Waals surface area contributed by atoms with Gasteiger partial charge in [-0.25, -0.2) is 9.48 Å². The zero-order valence-electron chi connectivity index (χ0n) is 15.5. The molecule has 0 fully saturated rings. The Morgan fingerprint density at radius 1 is 1.26 bits per heavy atom. The Kier molecular flexibility index (Phi) is 3.95. The maximum Gasteiger partial charge on any atom is 0.335 e. The summed E-state index contributed by atoms with van der Waals surface area (Å²) in [4.78, 5) is 11.3. The minimum absolute atomic E-state index is 0.115. The summed E-state index contributed by atoms with van der Waals surface area (Å²) >= 11 is 0. The Bertz CT molecular complexity index is 1020. The topological polar surface area (TPSA) is 92.9 Å². The van der Waals surface area contributed by atoms with E-state index in [2.05, 4.69) is 46.8 Å². The Balaban J connectivity index is 1.71. The number of benzene rings is 2. The van der Waals surface area contributed by atoms with Crippen molar-refractivity contribution >= 4 is 11.7 Å². The number of carboxylic acids is 1. The van der Waals surface area contributed by atoms with Gasteiger partial charge < -0.3 is 10.4 Å². The van der Waals surface area contributed by atoms with Gasteiger partial charge in [-0.05, 0) is 57.7 Å². The van der Waals surface area contributed by atoms with E-state index in [1.54, 1.807) is 16.8 Å². The monoisotopic (exact) mass is 363 g/mol. The number of hydrogen-bond donors (Lipinski definition) is 2. The van der Waals surface area contributed by atoms with Crippen molar-refractivity contribution in [3.05, 3.63) is 59.2 Å².